The number of esters is 1. The Morgan fingerprint density at radius 1 is 1.26 bits per heavy atom. The van der Waals surface area contributed by atoms with Gasteiger partial charge in [-0.25, -0.2) is 9.69 Å². The maximum atomic E-state index is 13.0. The van der Waals surface area contributed by atoms with Crippen molar-refractivity contribution in [3.8, 4) is 11.1 Å². The first kappa shape index (κ1) is 18.6. The third kappa shape index (κ3) is 3.42. The number of hydrogen-bond donors (Lipinski definition) is 1. The molecule has 0 aliphatic carbocycles. The van der Waals surface area contributed by atoms with Gasteiger partial charge in [0.2, 0.25) is 0 Å². The molecule has 8 nitrogen and oxygen atoms in total. The van der Waals surface area contributed by atoms with Gasteiger partial charge in [0.05, 0.1) is 17.7 Å². The van der Waals surface area contributed by atoms with Crippen molar-refractivity contribution < 1.29 is 28.8 Å². The van der Waals surface area contributed by atoms with Gasteiger partial charge in [-0.05, 0) is 39.3 Å². The number of benzene rings is 1. The van der Waals surface area contributed by atoms with Crippen LogP contribution in [0, 0.1) is 6.92 Å². The second-order valence-electron chi connectivity index (χ2n) is 7.32. The molecular weight excluding hydrogens is 352 g/mol. The minimum Gasteiger partial charge on any atom is -0.465 e. The van der Waals surface area contributed by atoms with Crippen molar-refractivity contribution in [2.45, 2.75) is 45.8 Å². The Kier molecular flexibility index (Phi) is 4.51. The second-order valence-corrected chi connectivity index (χ2v) is 7.32. The number of carboxylic acid groups (broad SMARTS) is 1. The SMILES string of the molecule is Cc1noc2c1-c1ccccc1C(=O)N(C(=O)O)[C@H]2CC(=O)OC(C)(C)C. The van der Waals surface area contributed by atoms with Crippen molar-refractivity contribution in [1.29, 1.82) is 0 Å². The minimum absolute atomic E-state index is 0.152. The van der Waals surface area contributed by atoms with Crippen LogP contribution in [0.15, 0.2) is 28.8 Å². The summed E-state index contributed by atoms with van der Waals surface area (Å²) < 4.78 is 10.7. The van der Waals surface area contributed by atoms with Crippen LogP contribution in [0.1, 0.15) is 55.0 Å². The Balaban J connectivity index is 2.15. The molecule has 1 aromatic carbocycles. The molecule has 0 fully saturated rings. The quantitative estimate of drug-likeness (QED) is 0.803. The van der Waals surface area contributed by atoms with Crippen LogP contribution < -0.4 is 0 Å². The number of fused-ring (bicyclic) bond motifs is 3. The number of carbonyl (C=O) groups excluding carboxylic acids is 2. The number of imide groups is 1. The molecule has 0 bridgehead atoms. The standard InChI is InChI=1S/C19H20N2O6/c1-10-15-11-7-5-6-8-12(11)17(23)21(18(24)25)13(16(15)27-20-10)9-14(22)26-19(2,3)4/h5-8,13H,9H2,1-4H3,(H,24,25)/t13-/m0/s1. The number of carbonyl (C=O) groups is 3. The number of nitrogens with zero attached hydrogens (tertiary/aromatic N) is 2. The predicted molar refractivity (Wildman–Crippen MR) is 94.1 cm³/mol. The third-order valence-electron chi connectivity index (χ3n) is 4.14. The van der Waals surface area contributed by atoms with E-state index in [1.807, 2.05) is 0 Å². The van der Waals surface area contributed by atoms with Crippen LogP contribution >= 0.6 is 0 Å². The van der Waals surface area contributed by atoms with Gasteiger partial charge in [-0.2, -0.15) is 0 Å². The first-order valence-corrected chi connectivity index (χ1v) is 8.44. The largest absolute Gasteiger partial charge is 0.465 e. The van der Waals surface area contributed by atoms with Gasteiger partial charge in [-0.3, -0.25) is 9.59 Å². The highest BCUT2D eigenvalue weighted by Gasteiger charge is 2.42. The topological polar surface area (TPSA) is 110 Å². The van der Waals surface area contributed by atoms with Crippen LogP contribution in [-0.2, 0) is 9.53 Å². The maximum absolute atomic E-state index is 13.0. The minimum atomic E-state index is -1.48. The summed E-state index contributed by atoms with van der Waals surface area (Å²) in [7, 11) is 0. The number of amides is 2. The van der Waals surface area contributed by atoms with Gasteiger partial charge >= 0.3 is 12.1 Å². The van der Waals surface area contributed by atoms with E-state index in [9.17, 15) is 19.5 Å². The zero-order valence-corrected chi connectivity index (χ0v) is 15.5. The van der Waals surface area contributed by atoms with E-state index in [0.29, 0.717) is 21.7 Å². The first-order chi connectivity index (χ1) is 12.6. The lowest BCUT2D eigenvalue weighted by Gasteiger charge is -2.26. The van der Waals surface area contributed by atoms with Crippen molar-refractivity contribution in [3.05, 3.63) is 41.3 Å². The highest BCUT2D eigenvalue weighted by atomic mass is 16.6. The van der Waals surface area contributed by atoms with Gasteiger partial charge in [0.1, 0.15) is 11.6 Å². The smallest absolute Gasteiger partial charge is 0.415 e. The third-order valence-corrected chi connectivity index (χ3v) is 4.14. The lowest BCUT2D eigenvalue weighted by Crippen LogP contribution is -2.40. The molecule has 0 unspecified atom stereocenters. The highest BCUT2D eigenvalue weighted by molar-refractivity contribution is 6.08. The molecule has 8 heteroatoms. The van der Waals surface area contributed by atoms with E-state index < -0.39 is 29.6 Å². The Bertz CT molecular complexity index is 925. The van der Waals surface area contributed by atoms with Gasteiger partial charge in [-0.15, -0.1) is 0 Å². The number of aromatic nitrogens is 1. The Hall–Kier alpha value is -3.16. The Morgan fingerprint density at radius 2 is 1.89 bits per heavy atom. The molecule has 1 aliphatic heterocycles. The zero-order chi connectivity index (χ0) is 19.9. The molecule has 142 valence electrons. The Labute approximate surface area is 155 Å². The summed E-state index contributed by atoms with van der Waals surface area (Å²) in [5, 5.41) is 13.6. The molecule has 0 spiro atoms. The summed E-state index contributed by atoms with van der Waals surface area (Å²) in [6.45, 7) is 6.82. The summed E-state index contributed by atoms with van der Waals surface area (Å²) in [5.41, 5.74) is 1.01. The summed E-state index contributed by atoms with van der Waals surface area (Å²) in [6.07, 6.45) is -1.85. The molecule has 0 saturated carbocycles. The van der Waals surface area contributed by atoms with Crippen LogP contribution in [0.4, 0.5) is 4.79 Å². The van der Waals surface area contributed by atoms with E-state index in [4.69, 9.17) is 9.26 Å². The van der Waals surface area contributed by atoms with Crippen LogP contribution in [0.5, 0.6) is 0 Å². The molecule has 27 heavy (non-hydrogen) atoms. The van der Waals surface area contributed by atoms with Crippen LogP contribution in [0.3, 0.4) is 0 Å². The molecule has 1 atom stereocenters. The first-order valence-electron chi connectivity index (χ1n) is 8.44. The molecular formula is C19H20N2O6. The average Bonchev–Trinajstić information content (AvgIpc) is 2.88. The van der Waals surface area contributed by atoms with E-state index in [0.717, 1.165) is 0 Å². The fraction of sp³-hybridized carbons (Fsp3) is 0.368. The number of rotatable bonds is 2. The summed E-state index contributed by atoms with van der Waals surface area (Å²) in [5.74, 6) is -1.21. The lowest BCUT2D eigenvalue weighted by atomic mass is 9.97. The van der Waals surface area contributed by atoms with E-state index >= 15 is 0 Å². The second kappa shape index (κ2) is 6.53. The summed E-state index contributed by atoms with van der Waals surface area (Å²) in [4.78, 5) is 37.9. The molecule has 3 rings (SSSR count). The van der Waals surface area contributed by atoms with Crippen LogP contribution in [-0.4, -0.2) is 38.7 Å². The van der Waals surface area contributed by atoms with E-state index in [2.05, 4.69) is 5.16 Å². The summed E-state index contributed by atoms with van der Waals surface area (Å²) in [6, 6.07) is 5.45. The zero-order valence-electron chi connectivity index (χ0n) is 15.5. The van der Waals surface area contributed by atoms with E-state index in [1.165, 1.54) is 0 Å². The Morgan fingerprint density at radius 3 is 2.48 bits per heavy atom. The predicted octanol–water partition coefficient (Wildman–Crippen LogP) is 3.56. The monoisotopic (exact) mass is 372 g/mol. The van der Waals surface area contributed by atoms with Gasteiger partial charge < -0.3 is 14.4 Å². The fourth-order valence-corrected chi connectivity index (χ4v) is 3.16. The fourth-order valence-electron chi connectivity index (χ4n) is 3.16. The number of aryl methyl sites for hydroxylation is 1. The maximum Gasteiger partial charge on any atom is 0.415 e. The van der Waals surface area contributed by atoms with E-state index in [1.54, 1.807) is 52.0 Å². The van der Waals surface area contributed by atoms with Crippen LogP contribution in [0.25, 0.3) is 11.1 Å². The molecule has 0 radical (unpaired) electrons. The van der Waals surface area contributed by atoms with Gasteiger partial charge in [0.25, 0.3) is 5.91 Å². The molecule has 2 amide bonds. The van der Waals surface area contributed by atoms with Crippen molar-refractivity contribution in [3.63, 3.8) is 0 Å². The van der Waals surface area contributed by atoms with Gasteiger partial charge in [0.15, 0.2) is 5.76 Å². The molecule has 1 aliphatic rings. The van der Waals surface area contributed by atoms with Crippen LogP contribution in [0.2, 0.25) is 0 Å². The molecule has 2 heterocycles. The van der Waals surface area contributed by atoms with Crippen molar-refractivity contribution in [2.24, 2.45) is 0 Å². The molecule has 1 N–H and O–H groups in total. The van der Waals surface area contributed by atoms with Crippen molar-refractivity contribution >= 4 is 18.0 Å². The number of ether oxygens (including phenoxy) is 1. The molecule has 1 aromatic heterocycles. The normalized spacial score (nSPS) is 16.4. The van der Waals surface area contributed by atoms with Crippen molar-refractivity contribution in [2.75, 3.05) is 0 Å². The van der Waals surface area contributed by atoms with Crippen molar-refractivity contribution in [1.82, 2.24) is 10.1 Å². The highest BCUT2D eigenvalue weighted by Crippen LogP contribution is 2.41. The molecule has 0 saturated heterocycles. The average molecular weight is 372 g/mol. The molecule has 2 aromatic rings. The summed E-state index contributed by atoms with van der Waals surface area (Å²) >= 11 is 0. The van der Waals surface area contributed by atoms with Gasteiger partial charge in [0, 0.05) is 5.56 Å². The van der Waals surface area contributed by atoms with E-state index in [-0.39, 0.29) is 17.7 Å². The van der Waals surface area contributed by atoms with Gasteiger partial charge in [-0.1, -0.05) is 23.4 Å². The number of hydrogen-bond acceptors (Lipinski definition) is 6. The lowest BCUT2D eigenvalue weighted by molar-refractivity contribution is -0.156.